The summed E-state index contributed by atoms with van der Waals surface area (Å²) >= 11 is 0. The van der Waals surface area contributed by atoms with E-state index in [1.165, 1.54) is 18.3 Å². The minimum atomic E-state index is -4.43. The van der Waals surface area contributed by atoms with Crippen LogP contribution in [0, 0.1) is 0 Å². The van der Waals surface area contributed by atoms with Crippen molar-refractivity contribution in [2.24, 2.45) is 0 Å². The zero-order chi connectivity index (χ0) is 18.5. The number of nitrogens with zero attached hydrogens (tertiary/aromatic N) is 1. The number of pyridine rings is 1. The Morgan fingerprint density at radius 1 is 0.960 bits per heavy atom. The van der Waals surface area contributed by atoms with E-state index in [2.05, 4.69) is 4.98 Å². The summed E-state index contributed by atoms with van der Waals surface area (Å²) in [7, 11) is -0.671. The molecule has 0 amide bonds. The van der Waals surface area contributed by atoms with E-state index < -0.39 is 30.1 Å². The molecule has 0 saturated carbocycles. The zero-order valence-electron chi connectivity index (χ0n) is 14.5. The Kier molecular flexibility index (Phi) is 4.20. The molecule has 1 aromatic carbocycles. The number of rotatable bonds is 2. The van der Waals surface area contributed by atoms with Crippen LogP contribution in [0.2, 0.25) is 0 Å². The third kappa shape index (κ3) is 3.31. The lowest BCUT2D eigenvalue weighted by atomic mass is 9.79. The van der Waals surface area contributed by atoms with Gasteiger partial charge in [0.15, 0.2) is 0 Å². The van der Waals surface area contributed by atoms with Gasteiger partial charge in [0, 0.05) is 23.4 Å². The molecular weight excluding hydrogens is 330 g/mol. The molecule has 1 aliphatic heterocycles. The lowest BCUT2D eigenvalue weighted by Gasteiger charge is -2.32. The number of aromatic nitrogens is 1. The summed E-state index contributed by atoms with van der Waals surface area (Å²) in [6, 6.07) is 7.09. The molecule has 0 N–H and O–H groups in total. The van der Waals surface area contributed by atoms with E-state index in [0.717, 1.165) is 6.07 Å². The lowest BCUT2D eigenvalue weighted by molar-refractivity contribution is -0.137. The van der Waals surface area contributed by atoms with Crippen molar-refractivity contribution in [2.75, 3.05) is 0 Å². The first kappa shape index (κ1) is 18.0. The second-order valence-electron chi connectivity index (χ2n) is 7.14. The fourth-order valence-corrected chi connectivity index (χ4v) is 2.70. The molecule has 0 spiro atoms. The molecular formula is C18H19BF3NO2. The van der Waals surface area contributed by atoms with Crippen molar-refractivity contribution in [3.8, 4) is 11.1 Å². The summed E-state index contributed by atoms with van der Waals surface area (Å²) in [6.45, 7) is 7.68. The van der Waals surface area contributed by atoms with Gasteiger partial charge < -0.3 is 9.31 Å². The zero-order valence-corrected chi connectivity index (χ0v) is 14.5. The summed E-state index contributed by atoms with van der Waals surface area (Å²) in [5, 5.41) is 0. The van der Waals surface area contributed by atoms with Crippen molar-refractivity contribution < 1.29 is 22.5 Å². The third-order valence-electron chi connectivity index (χ3n) is 4.83. The number of hydrogen-bond acceptors (Lipinski definition) is 3. The standard InChI is InChI=1S/C18H19BF3NO2/c1-16(2)17(3,4)25-19(24-16)13-9-12(10-23-11-13)14-7-5-6-8-15(14)18(20,21)22/h5-11H,1-4H3. The summed E-state index contributed by atoms with van der Waals surface area (Å²) in [5.41, 5.74) is -0.702. The van der Waals surface area contributed by atoms with Gasteiger partial charge in [0.05, 0.1) is 16.8 Å². The van der Waals surface area contributed by atoms with Gasteiger partial charge in [0.25, 0.3) is 0 Å². The number of alkyl halides is 3. The Bertz CT molecular complexity index is 774. The van der Waals surface area contributed by atoms with E-state index in [-0.39, 0.29) is 5.56 Å². The van der Waals surface area contributed by atoms with E-state index in [0.29, 0.717) is 11.0 Å². The first-order valence-electron chi connectivity index (χ1n) is 7.98. The average molecular weight is 349 g/mol. The highest BCUT2D eigenvalue weighted by molar-refractivity contribution is 6.62. The fraction of sp³-hybridized carbons (Fsp3) is 0.389. The summed E-state index contributed by atoms with van der Waals surface area (Å²) in [6.07, 6.45) is -1.46. The Hall–Kier alpha value is -1.86. The summed E-state index contributed by atoms with van der Waals surface area (Å²) < 4.78 is 51.7. The maximum absolute atomic E-state index is 13.3. The highest BCUT2D eigenvalue weighted by Gasteiger charge is 2.51. The highest BCUT2D eigenvalue weighted by Crippen LogP contribution is 2.38. The van der Waals surface area contributed by atoms with Crippen molar-refractivity contribution in [3.05, 3.63) is 48.3 Å². The van der Waals surface area contributed by atoms with Crippen LogP contribution in [0.1, 0.15) is 33.3 Å². The molecule has 0 radical (unpaired) electrons. The molecule has 3 rings (SSSR count). The van der Waals surface area contributed by atoms with E-state index in [1.54, 1.807) is 18.3 Å². The smallest absolute Gasteiger partial charge is 0.399 e. The molecule has 25 heavy (non-hydrogen) atoms. The molecule has 2 aromatic rings. The SMILES string of the molecule is CC1(C)OB(c2cncc(-c3ccccc3C(F)(F)F)c2)OC1(C)C. The first-order valence-corrected chi connectivity index (χ1v) is 7.98. The van der Waals surface area contributed by atoms with Gasteiger partial charge in [0.1, 0.15) is 0 Å². The van der Waals surface area contributed by atoms with Gasteiger partial charge in [-0.2, -0.15) is 13.2 Å². The molecule has 1 aliphatic rings. The van der Waals surface area contributed by atoms with E-state index in [9.17, 15) is 13.2 Å². The van der Waals surface area contributed by atoms with Gasteiger partial charge in [-0.25, -0.2) is 0 Å². The summed E-state index contributed by atoms with van der Waals surface area (Å²) in [4.78, 5) is 4.10. The number of hydrogen-bond donors (Lipinski definition) is 0. The molecule has 0 aliphatic carbocycles. The van der Waals surface area contributed by atoms with Crippen LogP contribution in [-0.4, -0.2) is 23.3 Å². The second kappa shape index (κ2) is 5.85. The Balaban J connectivity index is 2.00. The molecule has 7 heteroatoms. The van der Waals surface area contributed by atoms with Gasteiger partial charge in [-0.1, -0.05) is 24.3 Å². The van der Waals surface area contributed by atoms with Crippen LogP contribution in [0.4, 0.5) is 13.2 Å². The lowest BCUT2D eigenvalue weighted by Crippen LogP contribution is -2.41. The second-order valence-corrected chi connectivity index (χ2v) is 7.14. The molecule has 0 atom stereocenters. The van der Waals surface area contributed by atoms with Crippen LogP contribution in [0.15, 0.2) is 42.7 Å². The molecule has 132 valence electrons. The van der Waals surface area contributed by atoms with E-state index >= 15 is 0 Å². The molecule has 1 aromatic heterocycles. The average Bonchev–Trinajstić information content (AvgIpc) is 2.75. The van der Waals surface area contributed by atoms with Gasteiger partial charge in [-0.3, -0.25) is 4.98 Å². The monoisotopic (exact) mass is 349 g/mol. The minimum absolute atomic E-state index is 0.0841. The maximum Gasteiger partial charge on any atom is 0.496 e. The number of halogens is 3. The van der Waals surface area contributed by atoms with E-state index in [4.69, 9.17) is 9.31 Å². The van der Waals surface area contributed by atoms with Crippen LogP contribution < -0.4 is 5.46 Å². The molecule has 1 saturated heterocycles. The fourth-order valence-electron chi connectivity index (χ4n) is 2.70. The van der Waals surface area contributed by atoms with Crippen molar-refractivity contribution >= 4 is 12.6 Å². The Morgan fingerprint density at radius 2 is 1.56 bits per heavy atom. The number of benzene rings is 1. The molecule has 3 nitrogen and oxygen atoms in total. The predicted molar refractivity (Wildman–Crippen MR) is 90.4 cm³/mol. The molecule has 1 fully saturated rings. The van der Waals surface area contributed by atoms with Gasteiger partial charge in [-0.05, 0) is 39.3 Å². The van der Waals surface area contributed by atoms with Crippen molar-refractivity contribution in [1.29, 1.82) is 0 Å². The predicted octanol–water partition coefficient (Wildman–Crippen LogP) is 4.07. The van der Waals surface area contributed by atoms with Gasteiger partial charge in [0.2, 0.25) is 0 Å². The van der Waals surface area contributed by atoms with Crippen LogP contribution in [0.3, 0.4) is 0 Å². The maximum atomic E-state index is 13.3. The van der Waals surface area contributed by atoms with Crippen molar-refractivity contribution in [2.45, 2.75) is 45.1 Å². The van der Waals surface area contributed by atoms with Crippen LogP contribution >= 0.6 is 0 Å². The van der Waals surface area contributed by atoms with Gasteiger partial charge >= 0.3 is 13.3 Å². The largest absolute Gasteiger partial charge is 0.496 e. The van der Waals surface area contributed by atoms with Gasteiger partial charge in [-0.15, -0.1) is 0 Å². The molecule has 2 heterocycles. The quantitative estimate of drug-likeness (QED) is 0.766. The summed E-state index contributed by atoms with van der Waals surface area (Å²) in [5.74, 6) is 0. The minimum Gasteiger partial charge on any atom is -0.399 e. The Morgan fingerprint density at radius 3 is 2.16 bits per heavy atom. The van der Waals surface area contributed by atoms with E-state index in [1.807, 2.05) is 27.7 Å². The van der Waals surface area contributed by atoms with Crippen molar-refractivity contribution in [3.63, 3.8) is 0 Å². The normalized spacial score (nSPS) is 19.2. The third-order valence-corrected chi connectivity index (χ3v) is 4.83. The van der Waals surface area contributed by atoms with Crippen LogP contribution in [0.5, 0.6) is 0 Å². The topological polar surface area (TPSA) is 31.4 Å². The van der Waals surface area contributed by atoms with Crippen LogP contribution in [-0.2, 0) is 15.5 Å². The molecule has 0 unspecified atom stereocenters. The Labute approximate surface area is 145 Å². The highest BCUT2D eigenvalue weighted by atomic mass is 19.4. The van der Waals surface area contributed by atoms with Crippen LogP contribution in [0.25, 0.3) is 11.1 Å². The molecule has 0 bridgehead atoms. The first-order chi connectivity index (χ1) is 11.5. The van der Waals surface area contributed by atoms with Crippen molar-refractivity contribution in [1.82, 2.24) is 4.98 Å².